The predicted molar refractivity (Wildman–Crippen MR) is 74.3 cm³/mol. The average molecular weight is 280 g/mol. The van der Waals surface area contributed by atoms with Crippen molar-refractivity contribution in [2.75, 3.05) is 19.9 Å². The van der Waals surface area contributed by atoms with Crippen LogP contribution < -0.4 is 24.8 Å². The van der Waals surface area contributed by atoms with Crippen LogP contribution >= 0.6 is 0 Å². The van der Waals surface area contributed by atoms with E-state index in [0.29, 0.717) is 24.7 Å². The van der Waals surface area contributed by atoms with Gasteiger partial charge in [0.15, 0.2) is 11.5 Å². The normalized spacial score (nSPS) is 13.7. The number of benzene rings is 1. The van der Waals surface area contributed by atoms with Crippen LogP contribution in [-0.2, 0) is 0 Å². The highest BCUT2D eigenvalue weighted by molar-refractivity contribution is 5.74. The number of nitrogens with one attached hydrogen (secondary N) is 2. The summed E-state index contributed by atoms with van der Waals surface area (Å²) in [6, 6.07) is 5.40. The van der Waals surface area contributed by atoms with Crippen molar-refractivity contribution in [3.05, 3.63) is 18.2 Å². The van der Waals surface area contributed by atoms with E-state index in [1.807, 2.05) is 19.9 Å². The maximum absolute atomic E-state index is 11.5. The molecule has 1 unspecified atom stereocenters. The first kappa shape index (κ1) is 14.3. The highest BCUT2D eigenvalue weighted by atomic mass is 16.7. The topological polar surface area (TPSA) is 68.8 Å². The Hall–Kier alpha value is -2.11. The van der Waals surface area contributed by atoms with E-state index in [4.69, 9.17) is 14.2 Å². The molecule has 0 saturated heterocycles. The van der Waals surface area contributed by atoms with Crippen molar-refractivity contribution in [3.8, 4) is 17.2 Å². The van der Waals surface area contributed by atoms with Gasteiger partial charge >= 0.3 is 6.03 Å². The lowest BCUT2D eigenvalue weighted by atomic mass is 10.3. The number of ether oxygens (including phenoxy) is 3. The van der Waals surface area contributed by atoms with Crippen LogP contribution in [0.4, 0.5) is 4.79 Å². The third-order valence-corrected chi connectivity index (χ3v) is 2.99. The molecule has 1 aromatic carbocycles. The minimum absolute atomic E-state index is 0.171. The number of amides is 2. The molecule has 0 bridgehead atoms. The van der Waals surface area contributed by atoms with E-state index in [1.165, 1.54) is 0 Å². The van der Waals surface area contributed by atoms with E-state index >= 15 is 0 Å². The molecule has 1 aliphatic rings. The average Bonchev–Trinajstić information content (AvgIpc) is 2.91. The first-order chi connectivity index (χ1) is 9.69. The van der Waals surface area contributed by atoms with Crippen LogP contribution in [0.1, 0.15) is 20.3 Å². The Morgan fingerprint density at radius 2 is 2.20 bits per heavy atom. The van der Waals surface area contributed by atoms with Crippen molar-refractivity contribution in [1.29, 1.82) is 0 Å². The molecule has 6 nitrogen and oxygen atoms in total. The molecule has 0 saturated carbocycles. The highest BCUT2D eigenvalue weighted by Crippen LogP contribution is 2.34. The van der Waals surface area contributed by atoms with Crippen LogP contribution in [-0.4, -0.2) is 32.0 Å². The quantitative estimate of drug-likeness (QED) is 0.781. The largest absolute Gasteiger partial charge is 0.492 e. The molecule has 0 aliphatic carbocycles. The molecule has 2 amide bonds. The van der Waals surface area contributed by atoms with Gasteiger partial charge in [-0.2, -0.15) is 0 Å². The predicted octanol–water partition coefficient (Wildman–Crippen LogP) is 1.89. The van der Waals surface area contributed by atoms with Gasteiger partial charge in [0.1, 0.15) is 12.4 Å². The molecule has 2 rings (SSSR count). The van der Waals surface area contributed by atoms with Gasteiger partial charge < -0.3 is 24.8 Å². The van der Waals surface area contributed by atoms with E-state index in [9.17, 15) is 4.79 Å². The van der Waals surface area contributed by atoms with Gasteiger partial charge in [-0.25, -0.2) is 4.79 Å². The number of hydrogen-bond donors (Lipinski definition) is 2. The molecule has 1 heterocycles. The first-order valence-electron chi connectivity index (χ1n) is 6.76. The lowest BCUT2D eigenvalue weighted by Gasteiger charge is -2.13. The van der Waals surface area contributed by atoms with E-state index in [-0.39, 0.29) is 18.9 Å². The summed E-state index contributed by atoms with van der Waals surface area (Å²) >= 11 is 0. The molecule has 0 fully saturated rings. The molecule has 1 atom stereocenters. The molecule has 6 heteroatoms. The number of carbonyl (C=O) groups excluding carboxylic acids is 1. The summed E-state index contributed by atoms with van der Waals surface area (Å²) in [7, 11) is 0. The fourth-order valence-corrected chi connectivity index (χ4v) is 1.68. The van der Waals surface area contributed by atoms with E-state index < -0.39 is 0 Å². The fourth-order valence-electron chi connectivity index (χ4n) is 1.68. The van der Waals surface area contributed by atoms with Gasteiger partial charge in [0.25, 0.3) is 0 Å². The first-order valence-corrected chi connectivity index (χ1v) is 6.76. The third-order valence-electron chi connectivity index (χ3n) is 2.99. The lowest BCUT2D eigenvalue weighted by molar-refractivity contribution is 0.173. The number of rotatable bonds is 6. The molecule has 0 aromatic heterocycles. The maximum atomic E-state index is 11.5. The van der Waals surface area contributed by atoms with Crippen LogP contribution in [0.25, 0.3) is 0 Å². The zero-order valence-electron chi connectivity index (χ0n) is 11.8. The van der Waals surface area contributed by atoms with Gasteiger partial charge in [0.2, 0.25) is 6.79 Å². The number of fused-ring (bicyclic) bond motifs is 1. The summed E-state index contributed by atoms with van der Waals surface area (Å²) in [6.45, 7) is 5.07. The molecule has 0 spiro atoms. The SMILES string of the molecule is CCC(C)NC(=O)NCCOc1ccc2c(c1)OCO2. The Bertz CT molecular complexity index is 464. The summed E-state index contributed by atoms with van der Waals surface area (Å²) in [5, 5.41) is 5.56. The molecule has 0 radical (unpaired) electrons. The molecule has 1 aromatic rings. The van der Waals surface area contributed by atoms with E-state index in [0.717, 1.165) is 12.2 Å². The second-order valence-electron chi connectivity index (χ2n) is 4.57. The van der Waals surface area contributed by atoms with Crippen molar-refractivity contribution in [1.82, 2.24) is 10.6 Å². The van der Waals surface area contributed by atoms with Crippen molar-refractivity contribution >= 4 is 6.03 Å². The fraction of sp³-hybridized carbons (Fsp3) is 0.500. The van der Waals surface area contributed by atoms with Crippen molar-refractivity contribution in [3.63, 3.8) is 0 Å². The number of hydrogen-bond acceptors (Lipinski definition) is 4. The molecular formula is C14H20N2O4. The molecule has 2 N–H and O–H groups in total. The van der Waals surface area contributed by atoms with Crippen molar-refractivity contribution in [2.45, 2.75) is 26.3 Å². The van der Waals surface area contributed by atoms with Gasteiger partial charge in [-0.1, -0.05) is 6.92 Å². The number of urea groups is 1. The van der Waals surface area contributed by atoms with Gasteiger partial charge in [0, 0.05) is 12.1 Å². The molecule has 20 heavy (non-hydrogen) atoms. The second-order valence-corrected chi connectivity index (χ2v) is 4.57. The Kier molecular flexibility index (Phi) is 4.92. The van der Waals surface area contributed by atoms with Gasteiger partial charge in [-0.15, -0.1) is 0 Å². The van der Waals surface area contributed by atoms with E-state index in [1.54, 1.807) is 12.1 Å². The van der Waals surface area contributed by atoms with Gasteiger partial charge in [-0.3, -0.25) is 0 Å². The van der Waals surface area contributed by atoms with Crippen molar-refractivity contribution in [2.24, 2.45) is 0 Å². The summed E-state index contributed by atoms with van der Waals surface area (Å²) in [5.74, 6) is 2.10. The van der Waals surface area contributed by atoms with Crippen molar-refractivity contribution < 1.29 is 19.0 Å². The van der Waals surface area contributed by atoms with Crippen LogP contribution in [0, 0.1) is 0 Å². The summed E-state index contributed by atoms with van der Waals surface area (Å²) in [4.78, 5) is 11.5. The monoisotopic (exact) mass is 280 g/mol. The standard InChI is InChI=1S/C14H20N2O4/c1-3-10(2)16-14(17)15-6-7-18-11-4-5-12-13(8-11)20-9-19-12/h4-5,8,10H,3,6-7,9H2,1-2H3,(H2,15,16,17). The zero-order valence-corrected chi connectivity index (χ0v) is 11.8. The van der Waals surface area contributed by atoms with Gasteiger partial charge in [-0.05, 0) is 25.5 Å². The Morgan fingerprint density at radius 1 is 1.40 bits per heavy atom. The third kappa shape index (κ3) is 3.94. The molecule has 1 aliphatic heterocycles. The maximum Gasteiger partial charge on any atom is 0.315 e. The smallest absolute Gasteiger partial charge is 0.315 e. The minimum Gasteiger partial charge on any atom is -0.492 e. The molecule has 110 valence electrons. The van der Waals surface area contributed by atoms with Crippen LogP contribution in [0.3, 0.4) is 0 Å². The Morgan fingerprint density at radius 3 is 3.00 bits per heavy atom. The van der Waals surface area contributed by atoms with Crippen LogP contribution in [0.5, 0.6) is 17.2 Å². The van der Waals surface area contributed by atoms with Gasteiger partial charge in [0.05, 0.1) is 6.54 Å². The Labute approximate surface area is 118 Å². The second kappa shape index (κ2) is 6.88. The summed E-state index contributed by atoms with van der Waals surface area (Å²) in [5.41, 5.74) is 0. The van der Waals surface area contributed by atoms with E-state index in [2.05, 4.69) is 10.6 Å². The number of carbonyl (C=O) groups is 1. The highest BCUT2D eigenvalue weighted by Gasteiger charge is 2.13. The minimum atomic E-state index is -0.173. The zero-order chi connectivity index (χ0) is 14.4. The summed E-state index contributed by atoms with van der Waals surface area (Å²) < 4.78 is 16.0. The Balaban J connectivity index is 1.67. The lowest BCUT2D eigenvalue weighted by Crippen LogP contribution is -2.41. The van der Waals surface area contributed by atoms with Crippen LogP contribution in [0.2, 0.25) is 0 Å². The molecular weight excluding hydrogens is 260 g/mol. The van der Waals surface area contributed by atoms with Crippen LogP contribution in [0.15, 0.2) is 18.2 Å². The summed E-state index contributed by atoms with van der Waals surface area (Å²) in [6.07, 6.45) is 0.904.